The Morgan fingerprint density at radius 2 is 1.96 bits per heavy atom. The van der Waals surface area contributed by atoms with Crippen molar-refractivity contribution in [2.45, 2.75) is 51.7 Å². The summed E-state index contributed by atoms with van der Waals surface area (Å²) in [5, 5.41) is 12.0. The molecule has 1 aromatic heterocycles. The summed E-state index contributed by atoms with van der Waals surface area (Å²) in [6, 6.07) is 8.67. The molecule has 1 heterocycles. The number of aryl methyl sites for hydroxylation is 1. The van der Waals surface area contributed by atoms with Gasteiger partial charge in [-0.2, -0.15) is 0 Å². The molecule has 0 atom stereocenters. The average molecular weight is 371 g/mol. The predicted octanol–water partition coefficient (Wildman–Crippen LogP) is 2.65. The Labute approximate surface area is 161 Å². The van der Waals surface area contributed by atoms with Gasteiger partial charge in [-0.15, -0.1) is 10.2 Å². The van der Waals surface area contributed by atoms with Crippen LogP contribution in [0.2, 0.25) is 0 Å². The highest BCUT2D eigenvalue weighted by Gasteiger charge is 2.18. The van der Waals surface area contributed by atoms with Crippen molar-refractivity contribution < 1.29 is 4.74 Å². The molecule has 1 N–H and O–H groups in total. The van der Waals surface area contributed by atoms with E-state index >= 15 is 0 Å². The number of aliphatic imine (C=N–C) groups is 1. The Morgan fingerprint density at radius 1 is 1.26 bits per heavy atom. The number of nitrogens with one attached hydrogen (secondary N) is 1. The molecular formula is C20H30N6O. The highest BCUT2D eigenvalue weighted by atomic mass is 16.5. The van der Waals surface area contributed by atoms with Gasteiger partial charge in [0.25, 0.3) is 0 Å². The van der Waals surface area contributed by atoms with Gasteiger partial charge in [-0.3, -0.25) is 0 Å². The van der Waals surface area contributed by atoms with E-state index in [9.17, 15) is 0 Å². The SMILES string of the molecule is COc1ccc(CN(C)C(=NCc2nnc(C)n2C)NC2CCCC2)cc1. The number of guanidine groups is 1. The molecule has 0 radical (unpaired) electrons. The van der Waals surface area contributed by atoms with E-state index in [2.05, 4.69) is 39.6 Å². The summed E-state index contributed by atoms with van der Waals surface area (Å²) in [5.74, 6) is 3.56. The van der Waals surface area contributed by atoms with Gasteiger partial charge in [-0.25, -0.2) is 4.99 Å². The molecule has 0 unspecified atom stereocenters. The number of nitrogens with zero attached hydrogens (tertiary/aromatic N) is 5. The zero-order valence-electron chi connectivity index (χ0n) is 16.8. The normalized spacial score (nSPS) is 15.2. The van der Waals surface area contributed by atoms with Crippen molar-refractivity contribution in [3.05, 3.63) is 41.5 Å². The predicted molar refractivity (Wildman–Crippen MR) is 107 cm³/mol. The lowest BCUT2D eigenvalue weighted by atomic mass is 10.2. The third kappa shape index (κ3) is 4.99. The molecule has 0 spiro atoms. The van der Waals surface area contributed by atoms with Crippen molar-refractivity contribution in [2.75, 3.05) is 14.2 Å². The van der Waals surface area contributed by atoms with E-state index in [-0.39, 0.29) is 0 Å². The molecule has 7 nitrogen and oxygen atoms in total. The van der Waals surface area contributed by atoms with Crippen LogP contribution < -0.4 is 10.1 Å². The fourth-order valence-corrected chi connectivity index (χ4v) is 3.34. The first-order chi connectivity index (χ1) is 13.1. The fraction of sp³-hybridized carbons (Fsp3) is 0.550. The first-order valence-electron chi connectivity index (χ1n) is 9.56. The lowest BCUT2D eigenvalue weighted by Gasteiger charge is -2.25. The molecule has 3 rings (SSSR count). The highest BCUT2D eigenvalue weighted by molar-refractivity contribution is 5.80. The second-order valence-electron chi connectivity index (χ2n) is 7.19. The summed E-state index contributed by atoms with van der Waals surface area (Å²) >= 11 is 0. The van der Waals surface area contributed by atoms with Gasteiger partial charge in [0.2, 0.25) is 0 Å². The van der Waals surface area contributed by atoms with Crippen molar-refractivity contribution in [1.82, 2.24) is 25.0 Å². The number of hydrogen-bond donors (Lipinski definition) is 1. The number of aromatic nitrogens is 3. The summed E-state index contributed by atoms with van der Waals surface area (Å²) < 4.78 is 7.23. The van der Waals surface area contributed by atoms with Crippen molar-refractivity contribution in [1.29, 1.82) is 0 Å². The van der Waals surface area contributed by atoms with E-state index < -0.39 is 0 Å². The van der Waals surface area contributed by atoms with Gasteiger partial charge >= 0.3 is 0 Å². The number of benzene rings is 1. The Hall–Kier alpha value is -2.57. The maximum atomic E-state index is 5.25. The van der Waals surface area contributed by atoms with E-state index in [0.29, 0.717) is 12.6 Å². The molecule has 7 heteroatoms. The number of hydrogen-bond acceptors (Lipinski definition) is 4. The molecule has 1 saturated carbocycles. The van der Waals surface area contributed by atoms with E-state index in [1.165, 1.54) is 31.2 Å². The molecule has 0 aliphatic heterocycles. The second-order valence-corrected chi connectivity index (χ2v) is 7.19. The molecule has 1 aromatic carbocycles. The first-order valence-corrected chi connectivity index (χ1v) is 9.56. The number of methoxy groups -OCH3 is 1. The minimum atomic E-state index is 0.503. The molecule has 1 aliphatic rings. The first kappa shape index (κ1) is 19.2. The van der Waals surface area contributed by atoms with Gasteiger partial charge in [0, 0.05) is 26.7 Å². The van der Waals surface area contributed by atoms with Crippen LogP contribution in [0.15, 0.2) is 29.3 Å². The lowest BCUT2D eigenvalue weighted by molar-refractivity contribution is 0.414. The van der Waals surface area contributed by atoms with Crippen LogP contribution in [0.4, 0.5) is 0 Å². The van der Waals surface area contributed by atoms with Crippen LogP contribution in [0.1, 0.15) is 42.9 Å². The lowest BCUT2D eigenvalue weighted by Crippen LogP contribution is -2.43. The molecular weight excluding hydrogens is 340 g/mol. The largest absolute Gasteiger partial charge is 0.497 e. The monoisotopic (exact) mass is 370 g/mol. The molecule has 0 bridgehead atoms. The van der Waals surface area contributed by atoms with E-state index in [4.69, 9.17) is 9.73 Å². The van der Waals surface area contributed by atoms with Gasteiger partial charge in [-0.1, -0.05) is 25.0 Å². The van der Waals surface area contributed by atoms with E-state index in [1.54, 1.807) is 7.11 Å². The quantitative estimate of drug-likeness (QED) is 0.625. The molecule has 2 aromatic rings. The zero-order chi connectivity index (χ0) is 19.2. The topological polar surface area (TPSA) is 67.6 Å². The molecule has 146 valence electrons. The summed E-state index contributed by atoms with van der Waals surface area (Å²) in [4.78, 5) is 7.01. The molecule has 27 heavy (non-hydrogen) atoms. The van der Waals surface area contributed by atoms with Crippen molar-refractivity contribution in [3.8, 4) is 5.75 Å². The van der Waals surface area contributed by atoms with Gasteiger partial charge < -0.3 is 19.5 Å². The summed E-state index contributed by atoms with van der Waals surface area (Å²) in [5.41, 5.74) is 1.22. The van der Waals surface area contributed by atoms with Crippen LogP contribution in [0.3, 0.4) is 0 Å². The van der Waals surface area contributed by atoms with Crippen LogP contribution >= 0.6 is 0 Å². The summed E-state index contributed by atoms with van der Waals surface area (Å²) in [6.45, 7) is 3.24. The Morgan fingerprint density at radius 3 is 2.56 bits per heavy atom. The van der Waals surface area contributed by atoms with Gasteiger partial charge in [0.1, 0.15) is 18.1 Å². The van der Waals surface area contributed by atoms with Gasteiger partial charge in [0.15, 0.2) is 11.8 Å². The molecule has 1 aliphatic carbocycles. The standard InChI is InChI=1S/C20H30N6O/c1-15-23-24-19(26(15)3)13-21-20(22-17-7-5-6-8-17)25(2)14-16-9-11-18(27-4)12-10-16/h9-12,17H,5-8,13-14H2,1-4H3,(H,21,22). The van der Waals surface area contributed by atoms with E-state index in [1.807, 2.05) is 30.7 Å². The Bertz CT molecular complexity index is 761. The molecule has 0 amide bonds. The van der Waals surface area contributed by atoms with Crippen molar-refractivity contribution in [2.24, 2.45) is 12.0 Å². The maximum Gasteiger partial charge on any atom is 0.194 e. The number of rotatable bonds is 6. The minimum absolute atomic E-state index is 0.503. The average Bonchev–Trinajstić information content (AvgIpc) is 3.30. The zero-order valence-corrected chi connectivity index (χ0v) is 16.8. The van der Waals surface area contributed by atoms with Crippen LogP contribution in [0.5, 0.6) is 5.75 Å². The van der Waals surface area contributed by atoms with Gasteiger partial charge in [-0.05, 0) is 37.5 Å². The minimum Gasteiger partial charge on any atom is -0.497 e. The third-order valence-corrected chi connectivity index (χ3v) is 5.18. The van der Waals surface area contributed by atoms with Crippen LogP contribution in [-0.4, -0.2) is 45.8 Å². The fourth-order valence-electron chi connectivity index (χ4n) is 3.34. The highest BCUT2D eigenvalue weighted by Crippen LogP contribution is 2.18. The van der Waals surface area contributed by atoms with Gasteiger partial charge in [0.05, 0.1) is 7.11 Å². The van der Waals surface area contributed by atoms with E-state index in [0.717, 1.165) is 29.9 Å². The van der Waals surface area contributed by atoms with Crippen molar-refractivity contribution >= 4 is 5.96 Å². The van der Waals surface area contributed by atoms with Crippen LogP contribution in [0.25, 0.3) is 0 Å². The number of ether oxygens (including phenoxy) is 1. The van der Waals surface area contributed by atoms with Crippen LogP contribution in [0, 0.1) is 6.92 Å². The molecule has 0 saturated heterocycles. The van der Waals surface area contributed by atoms with Crippen molar-refractivity contribution in [3.63, 3.8) is 0 Å². The summed E-state index contributed by atoms with van der Waals surface area (Å²) in [6.07, 6.45) is 4.99. The van der Waals surface area contributed by atoms with Crippen LogP contribution in [-0.2, 0) is 20.1 Å². The third-order valence-electron chi connectivity index (χ3n) is 5.18. The summed E-state index contributed by atoms with van der Waals surface area (Å²) in [7, 11) is 5.74. The smallest absolute Gasteiger partial charge is 0.194 e. The molecule has 1 fully saturated rings. The second kappa shape index (κ2) is 8.88. The maximum absolute atomic E-state index is 5.25. The Balaban J connectivity index is 1.72. The Kier molecular flexibility index (Phi) is 6.32.